The van der Waals surface area contributed by atoms with Gasteiger partial charge in [-0.3, -0.25) is 0 Å². The van der Waals surface area contributed by atoms with Crippen LogP contribution < -0.4 is 0 Å². The minimum absolute atomic E-state index is 0.871. The molecule has 24 heavy (non-hydrogen) atoms. The predicted molar refractivity (Wildman–Crippen MR) is 101 cm³/mol. The fourth-order valence-corrected chi connectivity index (χ4v) is 4.30. The molecule has 0 spiro atoms. The van der Waals surface area contributed by atoms with Crippen LogP contribution in [0.15, 0.2) is 36.4 Å². The molecule has 3 heterocycles. The molecule has 0 bridgehead atoms. The van der Waals surface area contributed by atoms with E-state index in [4.69, 9.17) is 12.8 Å². The van der Waals surface area contributed by atoms with Crippen LogP contribution in [-0.4, -0.2) is 15.0 Å². The number of thiophene rings is 2. The Morgan fingerprint density at radius 2 is 1.25 bits per heavy atom. The van der Waals surface area contributed by atoms with Crippen LogP contribution in [0.5, 0.6) is 0 Å². The van der Waals surface area contributed by atoms with Crippen molar-refractivity contribution < 1.29 is 0 Å². The SMILES string of the molecule is C#Cc1ccc(-c2ccc(-c3ccc(C#C)s3)c3nn(C)nc23)s1. The van der Waals surface area contributed by atoms with Crippen molar-refractivity contribution in [3.63, 3.8) is 0 Å². The summed E-state index contributed by atoms with van der Waals surface area (Å²) in [7, 11) is 1.83. The smallest absolute Gasteiger partial charge is 0.122 e. The van der Waals surface area contributed by atoms with Gasteiger partial charge in [-0.1, -0.05) is 24.0 Å². The Labute approximate surface area is 147 Å². The molecule has 0 unspecified atom stereocenters. The van der Waals surface area contributed by atoms with Crippen molar-refractivity contribution in [3.8, 4) is 45.6 Å². The number of nitrogens with zero attached hydrogens (tertiary/aromatic N) is 3. The lowest BCUT2D eigenvalue weighted by molar-refractivity contribution is 0.665. The van der Waals surface area contributed by atoms with Crippen LogP contribution in [0.1, 0.15) is 9.75 Å². The van der Waals surface area contributed by atoms with Crippen molar-refractivity contribution in [1.82, 2.24) is 15.0 Å². The highest BCUT2D eigenvalue weighted by Crippen LogP contribution is 2.38. The van der Waals surface area contributed by atoms with Crippen LogP contribution >= 0.6 is 22.7 Å². The van der Waals surface area contributed by atoms with E-state index >= 15 is 0 Å². The predicted octanol–water partition coefficient (Wildman–Crippen LogP) is 4.39. The van der Waals surface area contributed by atoms with Crippen molar-refractivity contribution >= 4 is 33.7 Å². The molecule has 3 aromatic heterocycles. The third-order valence-corrected chi connectivity index (χ3v) is 5.77. The second-order valence-electron chi connectivity index (χ2n) is 5.16. The van der Waals surface area contributed by atoms with Gasteiger partial charge in [0.1, 0.15) is 11.0 Å². The number of benzene rings is 1. The molecular formula is C19H11N3S2. The summed E-state index contributed by atoms with van der Waals surface area (Å²) in [5.41, 5.74) is 3.83. The summed E-state index contributed by atoms with van der Waals surface area (Å²) >= 11 is 3.16. The fraction of sp³-hybridized carbons (Fsp3) is 0.0526. The monoisotopic (exact) mass is 345 g/mol. The largest absolute Gasteiger partial charge is 0.187 e. The molecule has 114 valence electrons. The van der Waals surface area contributed by atoms with Gasteiger partial charge in [0.2, 0.25) is 0 Å². The molecule has 5 heteroatoms. The summed E-state index contributed by atoms with van der Waals surface area (Å²) in [6.45, 7) is 0. The normalized spacial score (nSPS) is 10.6. The molecule has 0 aliphatic rings. The third kappa shape index (κ3) is 2.32. The van der Waals surface area contributed by atoms with Gasteiger partial charge in [-0.2, -0.15) is 15.0 Å². The summed E-state index contributed by atoms with van der Waals surface area (Å²) < 4.78 is 0. The molecule has 0 saturated carbocycles. The van der Waals surface area contributed by atoms with Crippen LogP contribution in [0, 0.1) is 24.7 Å². The molecule has 1 aromatic carbocycles. The van der Waals surface area contributed by atoms with Gasteiger partial charge in [-0.25, -0.2) is 0 Å². The lowest BCUT2D eigenvalue weighted by Gasteiger charge is -2.02. The first-order chi connectivity index (χ1) is 11.7. The van der Waals surface area contributed by atoms with E-state index in [1.54, 1.807) is 27.5 Å². The van der Waals surface area contributed by atoms with Crippen molar-refractivity contribution in [1.29, 1.82) is 0 Å². The average Bonchev–Trinajstić information content (AvgIpc) is 3.32. The molecule has 0 N–H and O–H groups in total. The second-order valence-corrected chi connectivity index (χ2v) is 7.33. The molecule has 0 radical (unpaired) electrons. The van der Waals surface area contributed by atoms with E-state index in [1.165, 1.54) is 0 Å². The van der Waals surface area contributed by atoms with E-state index < -0.39 is 0 Å². The van der Waals surface area contributed by atoms with Crippen LogP contribution in [0.25, 0.3) is 31.9 Å². The maximum absolute atomic E-state index is 5.49. The van der Waals surface area contributed by atoms with Crippen LogP contribution in [0.2, 0.25) is 0 Å². The third-order valence-electron chi connectivity index (χ3n) is 3.67. The summed E-state index contributed by atoms with van der Waals surface area (Å²) in [6, 6.07) is 12.1. The molecule has 0 amide bonds. The fourth-order valence-electron chi connectivity index (χ4n) is 2.61. The zero-order valence-electron chi connectivity index (χ0n) is 12.8. The van der Waals surface area contributed by atoms with E-state index in [1.807, 2.05) is 31.3 Å². The minimum atomic E-state index is 0.871. The summed E-state index contributed by atoms with van der Waals surface area (Å²) in [5, 5.41) is 9.13. The molecule has 0 atom stereocenters. The zero-order chi connectivity index (χ0) is 16.7. The number of hydrogen-bond acceptors (Lipinski definition) is 4. The molecular weight excluding hydrogens is 334 g/mol. The number of hydrogen-bond donors (Lipinski definition) is 0. The highest BCUT2D eigenvalue weighted by molar-refractivity contribution is 7.16. The van der Waals surface area contributed by atoms with Crippen molar-refractivity contribution in [2.75, 3.05) is 0 Å². The van der Waals surface area contributed by atoms with Crippen molar-refractivity contribution in [3.05, 3.63) is 46.2 Å². The maximum atomic E-state index is 5.49. The van der Waals surface area contributed by atoms with Gasteiger partial charge in [-0.05, 0) is 24.3 Å². The summed E-state index contributed by atoms with van der Waals surface area (Å²) in [6.07, 6.45) is 11.0. The topological polar surface area (TPSA) is 30.7 Å². The van der Waals surface area contributed by atoms with E-state index in [2.05, 4.69) is 34.2 Å². The van der Waals surface area contributed by atoms with Crippen LogP contribution in [0.4, 0.5) is 0 Å². The van der Waals surface area contributed by atoms with Crippen molar-refractivity contribution in [2.45, 2.75) is 0 Å². The standard InChI is InChI=1S/C19H11N3S2/c1-4-12-6-10-16(23-12)14-8-9-15(17-11-7-13(5-2)24-17)19-18(14)20-22(3)21-19/h1-2,6-11H,3H3. The Bertz CT molecular complexity index is 1060. The number of aromatic nitrogens is 3. The number of fused-ring (bicyclic) bond motifs is 1. The van der Waals surface area contributed by atoms with Gasteiger partial charge in [-0.15, -0.1) is 35.5 Å². The summed E-state index contributed by atoms with van der Waals surface area (Å²) in [4.78, 5) is 5.60. The number of rotatable bonds is 2. The first kappa shape index (κ1) is 14.7. The lowest BCUT2D eigenvalue weighted by atomic mass is 10.1. The van der Waals surface area contributed by atoms with Gasteiger partial charge in [0.25, 0.3) is 0 Å². The second kappa shape index (κ2) is 5.65. The zero-order valence-corrected chi connectivity index (χ0v) is 14.4. The Kier molecular flexibility index (Phi) is 3.46. The van der Waals surface area contributed by atoms with E-state index in [-0.39, 0.29) is 0 Å². The van der Waals surface area contributed by atoms with Gasteiger partial charge >= 0.3 is 0 Å². The van der Waals surface area contributed by atoms with Gasteiger partial charge in [0.15, 0.2) is 0 Å². The average molecular weight is 345 g/mol. The Morgan fingerprint density at radius 3 is 1.62 bits per heavy atom. The highest BCUT2D eigenvalue weighted by atomic mass is 32.1. The van der Waals surface area contributed by atoms with E-state index in [0.29, 0.717) is 0 Å². The van der Waals surface area contributed by atoms with Crippen LogP contribution in [0.3, 0.4) is 0 Å². The Hall–Kier alpha value is -2.86. The number of terminal acetylenes is 2. The molecule has 0 fully saturated rings. The van der Waals surface area contributed by atoms with E-state index in [0.717, 1.165) is 41.7 Å². The van der Waals surface area contributed by atoms with Gasteiger partial charge < -0.3 is 0 Å². The summed E-state index contributed by atoms with van der Waals surface area (Å²) in [5.74, 6) is 5.35. The lowest BCUT2D eigenvalue weighted by Crippen LogP contribution is -1.90. The molecule has 4 rings (SSSR count). The molecule has 0 aliphatic carbocycles. The van der Waals surface area contributed by atoms with Gasteiger partial charge in [0.05, 0.1) is 9.75 Å². The van der Waals surface area contributed by atoms with Gasteiger partial charge in [0, 0.05) is 27.9 Å². The molecule has 0 aliphatic heterocycles. The minimum Gasteiger partial charge on any atom is -0.187 e. The Morgan fingerprint density at radius 1 is 0.792 bits per heavy atom. The molecule has 0 saturated heterocycles. The quantitative estimate of drug-likeness (QED) is 0.505. The maximum Gasteiger partial charge on any atom is 0.122 e. The first-order valence-corrected chi connectivity index (χ1v) is 8.80. The first-order valence-electron chi connectivity index (χ1n) is 7.17. The van der Waals surface area contributed by atoms with E-state index in [9.17, 15) is 0 Å². The number of aryl methyl sites for hydroxylation is 1. The van der Waals surface area contributed by atoms with Crippen molar-refractivity contribution in [2.24, 2.45) is 7.05 Å². The Balaban J connectivity index is 1.95. The molecule has 3 nitrogen and oxygen atoms in total. The highest BCUT2D eigenvalue weighted by Gasteiger charge is 2.16. The molecule has 4 aromatic rings. The van der Waals surface area contributed by atoms with Crippen LogP contribution in [-0.2, 0) is 7.05 Å².